The molecule has 1 aromatic rings. The van der Waals surface area contributed by atoms with Crippen molar-refractivity contribution in [3.63, 3.8) is 0 Å². The standard InChI is InChI=1S/C15H19FN2O3/c1-10-5-6-11(16)9-12(10)17-14(21)18-15(13(19)20)7-3-2-4-8-15/h5-6,9H,2-4,7-8H2,1H3,(H,19,20)(H2,17,18,21). The number of rotatable bonds is 3. The summed E-state index contributed by atoms with van der Waals surface area (Å²) >= 11 is 0. The SMILES string of the molecule is Cc1ccc(F)cc1NC(=O)NC1(C(=O)O)CCCCC1. The Morgan fingerprint density at radius 1 is 1.24 bits per heavy atom. The number of benzene rings is 1. The van der Waals surface area contributed by atoms with E-state index in [0.717, 1.165) is 19.3 Å². The molecule has 2 amide bonds. The zero-order chi connectivity index (χ0) is 15.5. The van der Waals surface area contributed by atoms with Crippen molar-refractivity contribution in [3.8, 4) is 0 Å². The molecule has 1 aliphatic carbocycles. The Hall–Kier alpha value is -2.11. The van der Waals surface area contributed by atoms with Gasteiger partial charge in [0.05, 0.1) is 0 Å². The highest BCUT2D eigenvalue weighted by Crippen LogP contribution is 2.28. The van der Waals surface area contributed by atoms with Crippen molar-refractivity contribution in [2.45, 2.75) is 44.6 Å². The Morgan fingerprint density at radius 3 is 2.52 bits per heavy atom. The number of anilines is 1. The molecule has 0 spiro atoms. The number of amides is 2. The molecule has 1 aromatic carbocycles. The first-order valence-corrected chi connectivity index (χ1v) is 7.02. The average molecular weight is 294 g/mol. The highest BCUT2D eigenvalue weighted by molar-refractivity contribution is 5.94. The molecule has 0 atom stereocenters. The smallest absolute Gasteiger partial charge is 0.329 e. The third kappa shape index (κ3) is 3.51. The van der Waals surface area contributed by atoms with Crippen molar-refractivity contribution in [1.29, 1.82) is 0 Å². The van der Waals surface area contributed by atoms with Gasteiger partial charge in [-0.15, -0.1) is 0 Å². The number of carbonyl (C=O) groups excluding carboxylic acids is 1. The summed E-state index contributed by atoms with van der Waals surface area (Å²) in [5.41, 5.74) is -0.174. The van der Waals surface area contributed by atoms with Crippen molar-refractivity contribution in [2.75, 3.05) is 5.32 Å². The average Bonchev–Trinajstić information content (AvgIpc) is 2.43. The van der Waals surface area contributed by atoms with Crippen molar-refractivity contribution >= 4 is 17.7 Å². The molecule has 0 aliphatic heterocycles. The first-order chi connectivity index (χ1) is 9.93. The number of urea groups is 1. The summed E-state index contributed by atoms with van der Waals surface area (Å²) in [6.07, 6.45) is 3.34. The van der Waals surface area contributed by atoms with Crippen LogP contribution < -0.4 is 10.6 Å². The summed E-state index contributed by atoms with van der Waals surface area (Å²) in [6, 6.07) is 3.45. The third-order valence-corrected chi connectivity index (χ3v) is 3.92. The maximum Gasteiger partial charge on any atom is 0.329 e. The van der Waals surface area contributed by atoms with Gasteiger partial charge < -0.3 is 15.7 Å². The molecule has 0 aromatic heterocycles. The van der Waals surface area contributed by atoms with Gasteiger partial charge in [-0.1, -0.05) is 25.3 Å². The molecule has 0 saturated heterocycles. The first-order valence-electron chi connectivity index (χ1n) is 7.02. The minimum absolute atomic E-state index is 0.337. The monoisotopic (exact) mass is 294 g/mol. The number of hydrogen-bond donors (Lipinski definition) is 3. The number of carboxylic acid groups (broad SMARTS) is 1. The lowest BCUT2D eigenvalue weighted by molar-refractivity contribution is -0.145. The van der Waals surface area contributed by atoms with Gasteiger partial charge in [-0.3, -0.25) is 0 Å². The molecular weight excluding hydrogens is 275 g/mol. The number of hydrogen-bond acceptors (Lipinski definition) is 2. The lowest BCUT2D eigenvalue weighted by Crippen LogP contribution is -2.56. The quantitative estimate of drug-likeness (QED) is 0.801. The fourth-order valence-electron chi connectivity index (χ4n) is 2.65. The van der Waals surface area contributed by atoms with E-state index in [4.69, 9.17) is 0 Å². The highest BCUT2D eigenvalue weighted by Gasteiger charge is 2.41. The van der Waals surface area contributed by atoms with Crippen molar-refractivity contribution in [1.82, 2.24) is 5.32 Å². The Bertz CT molecular complexity index is 554. The van der Waals surface area contributed by atoms with Crippen LogP contribution in [0.1, 0.15) is 37.7 Å². The fourth-order valence-corrected chi connectivity index (χ4v) is 2.65. The second-order valence-electron chi connectivity index (χ2n) is 5.49. The number of halogens is 1. The van der Waals surface area contributed by atoms with E-state index in [1.807, 2.05) is 0 Å². The van der Waals surface area contributed by atoms with Gasteiger partial charge in [0.15, 0.2) is 0 Å². The number of carbonyl (C=O) groups is 2. The zero-order valence-electron chi connectivity index (χ0n) is 11.9. The van der Waals surface area contributed by atoms with Crippen LogP contribution >= 0.6 is 0 Å². The maximum absolute atomic E-state index is 13.2. The summed E-state index contributed by atoms with van der Waals surface area (Å²) in [4.78, 5) is 23.5. The van der Waals surface area contributed by atoms with Crippen LogP contribution in [0.4, 0.5) is 14.9 Å². The number of carboxylic acids is 1. The Kier molecular flexibility index (Phi) is 4.45. The van der Waals surface area contributed by atoms with E-state index in [1.54, 1.807) is 13.0 Å². The van der Waals surface area contributed by atoms with Gasteiger partial charge >= 0.3 is 12.0 Å². The molecule has 2 rings (SSSR count). The van der Waals surface area contributed by atoms with Crippen LogP contribution in [0.2, 0.25) is 0 Å². The number of aliphatic carboxylic acids is 1. The molecule has 1 saturated carbocycles. The molecule has 0 radical (unpaired) electrons. The van der Waals surface area contributed by atoms with Gasteiger partial charge in [0.1, 0.15) is 11.4 Å². The lowest BCUT2D eigenvalue weighted by Gasteiger charge is -2.33. The van der Waals surface area contributed by atoms with Crippen molar-refractivity contribution in [3.05, 3.63) is 29.6 Å². The normalized spacial score (nSPS) is 17.0. The van der Waals surface area contributed by atoms with Gasteiger partial charge in [0.25, 0.3) is 0 Å². The van der Waals surface area contributed by atoms with Crippen LogP contribution in [-0.4, -0.2) is 22.6 Å². The molecule has 1 fully saturated rings. The summed E-state index contributed by atoms with van der Waals surface area (Å²) in [6.45, 7) is 1.74. The molecule has 114 valence electrons. The molecule has 0 bridgehead atoms. The largest absolute Gasteiger partial charge is 0.480 e. The van der Waals surface area contributed by atoms with E-state index in [9.17, 15) is 19.1 Å². The minimum atomic E-state index is -1.22. The molecule has 3 N–H and O–H groups in total. The second-order valence-corrected chi connectivity index (χ2v) is 5.49. The van der Waals surface area contributed by atoms with Gasteiger partial charge in [0.2, 0.25) is 0 Å². The van der Waals surface area contributed by atoms with Gasteiger partial charge in [-0.05, 0) is 37.5 Å². The predicted molar refractivity (Wildman–Crippen MR) is 76.7 cm³/mol. The number of nitrogens with one attached hydrogen (secondary N) is 2. The van der Waals surface area contributed by atoms with E-state index in [2.05, 4.69) is 10.6 Å². The fraction of sp³-hybridized carbons (Fsp3) is 0.467. The Balaban J connectivity index is 2.09. The summed E-state index contributed by atoms with van der Waals surface area (Å²) in [5, 5.41) is 14.5. The Morgan fingerprint density at radius 2 is 1.90 bits per heavy atom. The van der Waals surface area contributed by atoms with Crippen molar-refractivity contribution in [2.24, 2.45) is 0 Å². The lowest BCUT2D eigenvalue weighted by atomic mass is 9.82. The van der Waals surface area contributed by atoms with Crippen LogP contribution in [0.3, 0.4) is 0 Å². The molecule has 6 heteroatoms. The van der Waals surface area contributed by atoms with Crippen LogP contribution in [0.15, 0.2) is 18.2 Å². The molecule has 5 nitrogen and oxygen atoms in total. The van der Waals surface area contributed by atoms with Crippen LogP contribution in [-0.2, 0) is 4.79 Å². The van der Waals surface area contributed by atoms with E-state index in [-0.39, 0.29) is 0 Å². The van der Waals surface area contributed by atoms with E-state index in [0.29, 0.717) is 24.1 Å². The molecular formula is C15H19FN2O3. The Labute approximate surface area is 122 Å². The topological polar surface area (TPSA) is 78.4 Å². The molecule has 21 heavy (non-hydrogen) atoms. The summed E-state index contributed by atoms with van der Waals surface area (Å²) in [7, 11) is 0. The first kappa shape index (κ1) is 15.3. The summed E-state index contributed by atoms with van der Waals surface area (Å²) in [5.74, 6) is -1.48. The van der Waals surface area contributed by atoms with Crippen LogP contribution in [0.5, 0.6) is 0 Å². The third-order valence-electron chi connectivity index (χ3n) is 3.92. The van der Waals surface area contributed by atoms with E-state index < -0.39 is 23.4 Å². The van der Waals surface area contributed by atoms with E-state index in [1.165, 1.54) is 12.1 Å². The summed E-state index contributed by atoms with van der Waals surface area (Å²) < 4.78 is 13.2. The van der Waals surface area contributed by atoms with Crippen LogP contribution in [0.25, 0.3) is 0 Å². The zero-order valence-corrected chi connectivity index (χ0v) is 11.9. The molecule has 0 heterocycles. The predicted octanol–water partition coefficient (Wildman–Crippen LogP) is 3.04. The molecule has 1 aliphatic rings. The van der Waals surface area contributed by atoms with Crippen molar-refractivity contribution < 1.29 is 19.1 Å². The van der Waals surface area contributed by atoms with Gasteiger partial charge in [-0.2, -0.15) is 0 Å². The second kappa shape index (κ2) is 6.11. The van der Waals surface area contributed by atoms with Gasteiger partial charge in [0, 0.05) is 5.69 Å². The van der Waals surface area contributed by atoms with Gasteiger partial charge in [-0.25, -0.2) is 14.0 Å². The molecule has 0 unspecified atom stereocenters. The highest BCUT2D eigenvalue weighted by atomic mass is 19.1. The van der Waals surface area contributed by atoms with Crippen LogP contribution in [0, 0.1) is 12.7 Å². The maximum atomic E-state index is 13.2. The van der Waals surface area contributed by atoms with E-state index >= 15 is 0 Å². The number of aryl methyl sites for hydroxylation is 1. The minimum Gasteiger partial charge on any atom is -0.480 e.